The molecule has 0 radical (unpaired) electrons. The Kier molecular flexibility index (Phi) is 4.48. The molecule has 3 aromatic rings. The van der Waals surface area contributed by atoms with Gasteiger partial charge < -0.3 is 0 Å². The molecule has 0 amide bonds. The summed E-state index contributed by atoms with van der Waals surface area (Å²) in [5.74, 6) is -0.103. The van der Waals surface area contributed by atoms with E-state index in [1.54, 1.807) is 18.2 Å². The Morgan fingerprint density at radius 1 is 1.08 bits per heavy atom. The number of carbonyl (C=O) groups excluding carboxylic acids is 1. The van der Waals surface area contributed by atoms with Gasteiger partial charge in [-0.25, -0.2) is 4.98 Å². The van der Waals surface area contributed by atoms with E-state index in [0.29, 0.717) is 21.5 Å². The van der Waals surface area contributed by atoms with Crippen LogP contribution in [0.3, 0.4) is 0 Å². The fourth-order valence-electron chi connectivity index (χ4n) is 2.99. The Bertz CT molecular complexity index is 1070. The lowest BCUT2D eigenvalue weighted by molar-refractivity contribution is 0.0970. The SMILES string of the molecule is Cc1cc(C(=O)Cn2cnc3ccc(Cl)cc3c2=O)c(C)c(C)c1C. The number of aromatic nitrogens is 2. The van der Waals surface area contributed by atoms with Gasteiger partial charge in [0.25, 0.3) is 5.56 Å². The molecule has 0 bridgehead atoms. The van der Waals surface area contributed by atoms with Crippen molar-refractivity contribution in [3.8, 4) is 0 Å². The van der Waals surface area contributed by atoms with Gasteiger partial charge in [-0.1, -0.05) is 11.6 Å². The zero-order chi connectivity index (χ0) is 18.3. The summed E-state index contributed by atoms with van der Waals surface area (Å²) in [4.78, 5) is 29.7. The van der Waals surface area contributed by atoms with Crippen LogP contribution in [-0.2, 0) is 6.54 Å². The fraction of sp³-hybridized carbons (Fsp3) is 0.250. The van der Waals surface area contributed by atoms with Gasteiger partial charge in [0.15, 0.2) is 5.78 Å². The number of rotatable bonds is 3. The van der Waals surface area contributed by atoms with Crippen molar-refractivity contribution in [2.75, 3.05) is 0 Å². The molecule has 0 aliphatic carbocycles. The first kappa shape index (κ1) is 17.4. The maximum absolute atomic E-state index is 12.8. The number of aryl methyl sites for hydroxylation is 1. The first-order valence-electron chi connectivity index (χ1n) is 8.05. The molecule has 0 unspecified atom stereocenters. The minimum atomic E-state index is -0.265. The molecule has 0 spiro atoms. The number of carbonyl (C=O) groups is 1. The third kappa shape index (κ3) is 3.10. The van der Waals surface area contributed by atoms with Gasteiger partial charge in [0, 0.05) is 10.6 Å². The normalized spacial score (nSPS) is 11.1. The number of fused-ring (bicyclic) bond motifs is 1. The number of hydrogen-bond acceptors (Lipinski definition) is 3. The van der Waals surface area contributed by atoms with Gasteiger partial charge in [-0.05, 0) is 74.2 Å². The molecular formula is C20H19ClN2O2. The van der Waals surface area contributed by atoms with Crippen LogP contribution in [0.25, 0.3) is 10.9 Å². The van der Waals surface area contributed by atoms with E-state index in [4.69, 9.17) is 11.6 Å². The number of benzene rings is 2. The summed E-state index contributed by atoms with van der Waals surface area (Å²) in [5.41, 5.74) is 5.28. The zero-order valence-electron chi connectivity index (χ0n) is 14.7. The quantitative estimate of drug-likeness (QED) is 0.663. The second-order valence-electron chi connectivity index (χ2n) is 6.38. The van der Waals surface area contributed by atoms with Crippen LogP contribution in [0, 0.1) is 27.7 Å². The van der Waals surface area contributed by atoms with E-state index in [0.717, 1.165) is 16.7 Å². The zero-order valence-corrected chi connectivity index (χ0v) is 15.4. The molecule has 0 fully saturated rings. The highest BCUT2D eigenvalue weighted by Crippen LogP contribution is 2.22. The van der Waals surface area contributed by atoms with E-state index in [1.165, 1.54) is 16.5 Å². The Balaban J connectivity index is 2.04. The summed E-state index contributed by atoms with van der Waals surface area (Å²) in [6.07, 6.45) is 1.42. The Morgan fingerprint density at radius 3 is 2.52 bits per heavy atom. The summed E-state index contributed by atoms with van der Waals surface area (Å²) in [5, 5.41) is 0.881. The molecule has 0 atom stereocenters. The highest BCUT2D eigenvalue weighted by Gasteiger charge is 2.15. The van der Waals surface area contributed by atoms with Gasteiger partial charge in [0.2, 0.25) is 0 Å². The fourth-order valence-corrected chi connectivity index (χ4v) is 3.16. The topological polar surface area (TPSA) is 52.0 Å². The highest BCUT2D eigenvalue weighted by molar-refractivity contribution is 6.31. The maximum Gasteiger partial charge on any atom is 0.261 e. The van der Waals surface area contributed by atoms with Crippen LogP contribution in [0.1, 0.15) is 32.6 Å². The van der Waals surface area contributed by atoms with Crippen molar-refractivity contribution in [1.29, 1.82) is 0 Å². The molecule has 1 heterocycles. The van der Waals surface area contributed by atoms with Gasteiger partial charge in [-0.2, -0.15) is 0 Å². The molecule has 2 aromatic carbocycles. The van der Waals surface area contributed by atoms with Crippen LogP contribution in [0.5, 0.6) is 0 Å². The van der Waals surface area contributed by atoms with Crippen molar-refractivity contribution < 1.29 is 4.79 Å². The van der Waals surface area contributed by atoms with E-state index >= 15 is 0 Å². The van der Waals surface area contributed by atoms with E-state index in [9.17, 15) is 9.59 Å². The van der Waals surface area contributed by atoms with Crippen LogP contribution in [0.4, 0.5) is 0 Å². The molecular weight excluding hydrogens is 336 g/mol. The van der Waals surface area contributed by atoms with Crippen molar-refractivity contribution >= 4 is 28.3 Å². The summed E-state index contributed by atoms with van der Waals surface area (Å²) in [7, 11) is 0. The first-order valence-corrected chi connectivity index (χ1v) is 8.42. The van der Waals surface area contributed by atoms with Gasteiger partial charge in [-0.15, -0.1) is 0 Å². The number of ketones is 1. The molecule has 0 saturated carbocycles. The van der Waals surface area contributed by atoms with E-state index in [2.05, 4.69) is 4.98 Å². The number of nitrogens with zero attached hydrogens (tertiary/aromatic N) is 2. The maximum atomic E-state index is 12.8. The van der Waals surface area contributed by atoms with Crippen LogP contribution < -0.4 is 5.56 Å². The minimum Gasteiger partial charge on any atom is -0.292 e. The van der Waals surface area contributed by atoms with Crippen LogP contribution in [-0.4, -0.2) is 15.3 Å². The molecule has 128 valence electrons. The Labute approximate surface area is 151 Å². The Morgan fingerprint density at radius 2 is 1.80 bits per heavy atom. The standard InChI is InChI=1S/C20H19ClN2O2/c1-11-7-16(14(4)13(3)12(11)2)19(24)9-23-10-22-18-6-5-15(21)8-17(18)20(23)25/h5-8,10H,9H2,1-4H3. The third-order valence-electron chi connectivity index (χ3n) is 4.88. The second kappa shape index (κ2) is 6.45. The summed E-state index contributed by atoms with van der Waals surface area (Å²) in [6.45, 7) is 7.95. The van der Waals surface area contributed by atoms with Gasteiger partial charge in [0.1, 0.15) is 0 Å². The van der Waals surface area contributed by atoms with Gasteiger partial charge in [-0.3, -0.25) is 14.2 Å². The molecule has 0 aliphatic heterocycles. The molecule has 5 heteroatoms. The van der Waals surface area contributed by atoms with Crippen molar-refractivity contribution in [2.24, 2.45) is 0 Å². The smallest absolute Gasteiger partial charge is 0.261 e. The average molecular weight is 355 g/mol. The van der Waals surface area contributed by atoms with Gasteiger partial charge in [0.05, 0.1) is 23.8 Å². The second-order valence-corrected chi connectivity index (χ2v) is 6.81. The molecule has 3 rings (SSSR count). The van der Waals surface area contributed by atoms with E-state index < -0.39 is 0 Å². The molecule has 0 aliphatic rings. The predicted octanol–water partition coefficient (Wildman–Crippen LogP) is 4.17. The van der Waals surface area contributed by atoms with Crippen molar-refractivity contribution in [1.82, 2.24) is 9.55 Å². The molecule has 0 N–H and O–H groups in total. The monoisotopic (exact) mass is 354 g/mol. The molecule has 4 nitrogen and oxygen atoms in total. The molecule has 1 aromatic heterocycles. The van der Waals surface area contributed by atoms with Gasteiger partial charge >= 0.3 is 0 Å². The van der Waals surface area contributed by atoms with Crippen LogP contribution in [0.2, 0.25) is 5.02 Å². The van der Waals surface area contributed by atoms with E-state index in [1.807, 2.05) is 33.8 Å². The predicted molar refractivity (Wildman–Crippen MR) is 101 cm³/mol. The largest absolute Gasteiger partial charge is 0.292 e. The third-order valence-corrected chi connectivity index (χ3v) is 5.12. The minimum absolute atomic E-state index is 0.0446. The molecule has 0 saturated heterocycles. The number of Topliss-reactive ketones (excluding diaryl/α,β-unsaturated/α-hetero) is 1. The summed E-state index contributed by atoms with van der Waals surface area (Å²) in [6, 6.07) is 6.87. The number of halogens is 1. The lowest BCUT2D eigenvalue weighted by Crippen LogP contribution is -2.25. The van der Waals surface area contributed by atoms with Crippen molar-refractivity contribution in [2.45, 2.75) is 34.2 Å². The number of hydrogen-bond donors (Lipinski definition) is 0. The van der Waals surface area contributed by atoms with Crippen LogP contribution >= 0.6 is 11.6 Å². The Hall–Kier alpha value is -2.46. The van der Waals surface area contributed by atoms with Crippen molar-refractivity contribution in [3.63, 3.8) is 0 Å². The van der Waals surface area contributed by atoms with E-state index in [-0.39, 0.29) is 17.9 Å². The highest BCUT2D eigenvalue weighted by atomic mass is 35.5. The lowest BCUT2D eigenvalue weighted by atomic mass is 9.92. The summed E-state index contributed by atoms with van der Waals surface area (Å²) >= 11 is 5.97. The molecule has 25 heavy (non-hydrogen) atoms. The lowest BCUT2D eigenvalue weighted by Gasteiger charge is -2.14. The first-order chi connectivity index (χ1) is 11.8. The summed E-state index contributed by atoms with van der Waals surface area (Å²) < 4.78 is 1.34. The van der Waals surface area contributed by atoms with Crippen molar-refractivity contribution in [3.05, 3.63) is 73.8 Å². The average Bonchev–Trinajstić information content (AvgIpc) is 2.59. The van der Waals surface area contributed by atoms with Crippen LogP contribution in [0.15, 0.2) is 35.4 Å².